The molecule has 0 fully saturated rings. The second kappa shape index (κ2) is 6.99. The molecule has 0 saturated carbocycles. The minimum Gasteiger partial charge on any atom is -0.147 e. The SMILES string of the molecule is CC1=CC[C]([Ti][C]2=C(C)C(C)=CC2)=C1C.Cl.Cl. The largest absolute Gasteiger partial charge is 0.147 e. The molecule has 3 heteroatoms. The van der Waals surface area contributed by atoms with Gasteiger partial charge < -0.3 is 0 Å². The van der Waals surface area contributed by atoms with Gasteiger partial charge in [0.15, 0.2) is 0 Å². The quantitative estimate of drug-likeness (QED) is 0.618. The smallest absolute Gasteiger partial charge is 0.147 e. The normalized spacial score (nSPS) is 18.6. The number of hydrogen-bond acceptors (Lipinski definition) is 0. The molecule has 0 nitrogen and oxygen atoms in total. The molecule has 0 N–H and O–H groups in total. The summed E-state index contributed by atoms with van der Waals surface area (Å²) in [6, 6.07) is 0. The molecule has 0 heterocycles. The molecule has 0 bridgehead atoms. The van der Waals surface area contributed by atoms with E-state index in [1.54, 1.807) is 18.9 Å². The molecule has 0 aromatic rings. The van der Waals surface area contributed by atoms with Crippen LogP contribution in [0.15, 0.2) is 42.2 Å². The number of rotatable bonds is 2. The molecule has 2 aliphatic rings. The Morgan fingerprint density at radius 2 is 1.12 bits per heavy atom. The summed E-state index contributed by atoms with van der Waals surface area (Å²) in [7, 11) is 0. The van der Waals surface area contributed by atoms with E-state index in [-0.39, 0.29) is 44.0 Å². The summed E-state index contributed by atoms with van der Waals surface area (Å²) in [5.41, 5.74) is 6.18. The zero-order valence-corrected chi connectivity index (χ0v) is 14.1. The van der Waals surface area contributed by atoms with Crippen LogP contribution in [0.2, 0.25) is 0 Å². The van der Waals surface area contributed by atoms with E-state index in [1.807, 2.05) is 0 Å². The van der Waals surface area contributed by atoms with Gasteiger partial charge in [0, 0.05) is 0 Å². The van der Waals surface area contributed by atoms with Crippen LogP contribution < -0.4 is 0 Å². The van der Waals surface area contributed by atoms with Crippen LogP contribution >= 0.6 is 24.8 Å². The van der Waals surface area contributed by atoms with Gasteiger partial charge in [-0.05, 0) is 0 Å². The summed E-state index contributed by atoms with van der Waals surface area (Å²) in [6.07, 6.45) is 7.24. The van der Waals surface area contributed by atoms with Crippen LogP contribution in [0.25, 0.3) is 0 Å². The number of hydrogen-bond donors (Lipinski definition) is 0. The van der Waals surface area contributed by atoms with Crippen molar-refractivity contribution in [2.75, 3.05) is 0 Å². The van der Waals surface area contributed by atoms with Crippen LogP contribution in [0.4, 0.5) is 0 Å². The van der Waals surface area contributed by atoms with Gasteiger partial charge in [-0.15, -0.1) is 24.8 Å². The standard InChI is InChI=1S/2C7H9.2ClH.Ti/c2*1-6-4-3-5-7(6)2;;;/h2*4H,3H2,1-2H3;2*1H;. The van der Waals surface area contributed by atoms with Gasteiger partial charge >= 0.3 is 102 Å². The predicted octanol–water partition coefficient (Wildman–Crippen LogP) is 5.16. The zero-order valence-electron chi connectivity index (χ0n) is 10.9. The molecular formula is C14H20Cl2Ti. The van der Waals surface area contributed by atoms with E-state index in [0.29, 0.717) is 0 Å². The summed E-state index contributed by atoms with van der Waals surface area (Å²) in [5, 5.41) is 0. The van der Waals surface area contributed by atoms with Crippen LogP contribution in [0.1, 0.15) is 40.5 Å². The Morgan fingerprint density at radius 1 is 0.765 bits per heavy atom. The maximum Gasteiger partial charge on any atom is -0.147 e. The molecule has 0 atom stereocenters. The third kappa shape index (κ3) is 3.61. The van der Waals surface area contributed by atoms with Gasteiger partial charge in [-0.25, -0.2) is 0 Å². The minimum absolute atomic E-state index is 0. The molecule has 0 unspecified atom stereocenters. The molecule has 0 spiro atoms. The van der Waals surface area contributed by atoms with Crippen molar-refractivity contribution in [2.24, 2.45) is 0 Å². The monoisotopic (exact) mass is 306 g/mol. The second-order valence-electron chi connectivity index (χ2n) is 4.51. The van der Waals surface area contributed by atoms with E-state index in [2.05, 4.69) is 39.8 Å². The van der Waals surface area contributed by atoms with Crippen molar-refractivity contribution in [3.8, 4) is 0 Å². The Labute approximate surface area is 126 Å². The molecule has 17 heavy (non-hydrogen) atoms. The Kier molecular flexibility index (Phi) is 7.10. The van der Waals surface area contributed by atoms with Gasteiger partial charge in [-0.3, -0.25) is 0 Å². The summed E-state index contributed by atoms with van der Waals surface area (Å²) >= 11 is -0.00593. The molecule has 0 aliphatic heterocycles. The summed E-state index contributed by atoms with van der Waals surface area (Å²) in [4.78, 5) is 0. The first-order valence-electron chi connectivity index (χ1n) is 5.60. The summed E-state index contributed by atoms with van der Waals surface area (Å²) < 4.78 is 3.51. The molecule has 2 rings (SSSR count). The molecule has 0 aromatic carbocycles. The van der Waals surface area contributed by atoms with E-state index < -0.39 is 0 Å². The maximum absolute atomic E-state index is 2.39. The van der Waals surface area contributed by atoms with E-state index in [0.717, 1.165) is 0 Å². The first-order chi connectivity index (χ1) is 7.09. The van der Waals surface area contributed by atoms with Gasteiger partial charge in [0.2, 0.25) is 0 Å². The molecular weight excluding hydrogens is 287 g/mol. The average Bonchev–Trinajstić information content (AvgIpc) is 2.68. The molecule has 0 radical (unpaired) electrons. The van der Waals surface area contributed by atoms with Crippen LogP contribution in [-0.2, 0) is 19.2 Å². The van der Waals surface area contributed by atoms with E-state index in [1.165, 1.54) is 24.0 Å². The first kappa shape index (κ1) is 17.3. The Hall–Kier alpha value is 0.254. The van der Waals surface area contributed by atoms with Crippen molar-refractivity contribution in [3.05, 3.63) is 42.2 Å². The van der Waals surface area contributed by atoms with Gasteiger partial charge in [0.25, 0.3) is 0 Å². The molecule has 94 valence electrons. The first-order valence-corrected chi connectivity index (χ1v) is 7.16. The molecule has 0 aromatic heterocycles. The molecule has 0 amide bonds. The molecule has 2 aliphatic carbocycles. The number of allylic oxidation sites excluding steroid dienone is 8. The Bertz CT molecular complexity index is 386. The van der Waals surface area contributed by atoms with Crippen molar-refractivity contribution < 1.29 is 19.2 Å². The summed E-state index contributed by atoms with van der Waals surface area (Å²) in [5.74, 6) is 0. The van der Waals surface area contributed by atoms with Gasteiger partial charge in [-0.1, -0.05) is 0 Å². The fourth-order valence-electron chi connectivity index (χ4n) is 2.07. The topological polar surface area (TPSA) is 0 Å². The van der Waals surface area contributed by atoms with Crippen LogP contribution in [0, 0.1) is 0 Å². The maximum atomic E-state index is 2.39. The average molecular weight is 307 g/mol. The fraction of sp³-hybridized carbons (Fsp3) is 0.429. The van der Waals surface area contributed by atoms with Crippen molar-refractivity contribution in [2.45, 2.75) is 40.5 Å². The summed E-state index contributed by atoms with van der Waals surface area (Å²) in [6.45, 7) is 9.08. The van der Waals surface area contributed by atoms with Gasteiger partial charge in [-0.2, -0.15) is 0 Å². The zero-order chi connectivity index (χ0) is 11.0. The van der Waals surface area contributed by atoms with Crippen LogP contribution in [0.5, 0.6) is 0 Å². The Balaban J connectivity index is 0.00000128. The molecule has 0 saturated heterocycles. The van der Waals surface area contributed by atoms with Crippen molar-refractivity contribution in [1.29, 1.82) is 0 Å². The van der Waals surface area contributed by atoms with Crippen LogP contribution in [0.3, 0.4) is 0 Å². The van der Waals surface area contributed by atoms with E-state index >= 15 is 0 Å². The van der Waals surface area contributed by atoms with Gasteiger partial charge in [0.1, 0.15) is 0 Å². The predicted molar refractivity (Wildman–Crippen MR) is 76.6 cm³/mol. The fourth-order valence-corrected chi connectivity index (χ4v) is 4.48. The Morgan fingerprint density at radius 3 is 1.35 bits per heavy atom. The van der Waals surface area contributed by atoms with E-state index in [4.69, 9.17) is 0 Å². The minimum atomic E-state index is -0.00593. The van der Waals surface area contributed by atoms with Crippen molar-refractivity contribution in [1.82, 2.24) is 0 Å². The van der Waals surface area contributed by atoms with Crippen molar-refractivity contribution in [3.63, 3.8) is 0 Å². The second-order valence-corrected chi connectivity index (χ2v) is 6.79. The third-order valence-corrected chi connectivity index (χ3v) is 6.37. The van der Waals surface area contributed by atoms with Gasteiger partial charge in [0.05, 0.1) is 0 Å². The van der Waals surface area contributed by atoms with Crippen LogP contribution in [-0.4, -0.2) is 0 Å². The number of halogens is 2. The third-order valence-electron chi connectivity index (χ3n) is 3.61. The van der Waals surface area contributed by atoms with Crippen molar-refractivity contribution >= 4 is 24.8 Å². The van der Waals surface area contributed by atoms with E-state index in [9.17, 15) is 0 Å².